The van der Waals surface area contributed by atoms with Crippen molar-refractivity contribution in [3.05, 3.63) is 35.4 Å². The van der Waals surface area contributed by atoms with Crippen molar-refractivity contribution < 1.29 is 28.7 Å². The van der Waals surface area contributed by atoms with E-state index in [4.69, 9.17) is 9.47 Å². The second-order valence-electron chi connectivity index (χ2n) is 10.5. The van der Waals surface area contributed by atoms with Crippen LogP contribution in [0.25, 0.3) is 0 Å². The average Bonchev–Trinajstić information content (AvgIpc) is 2.82. The standard InChI is InChI=1S/C29H47N3O6/c1-8-10-11-12-13-20-32(27(35)22(4)31-28(36)38-29(5,6)7)25(23-16-14-21(3)15-17-23)26(34)30-19-18-24(33)37-9-2/h14-17,22,25H,8-13,18-20H2,1-7H3,(H,30,34)(H,31,36). The van der Waals surface area contributed by atoms with Crippen molar-refractivity contribution in [3.63, 3.8) is 0 Å². The molecule has 1 rings (SSSR count). The van der Waals surface area contributed by atoms with Crippen LogP contribution >= 0.6 is 0 Å². The SMILES string of the molecule is CCCCCCCN(C(=O)C(C)NC(=O)OC(C)(C)C)C(C(=O)NCCC(=O)OCC)c1ccc(C)cc1. The molecule has 1 aromatic carbocycles. The van der Waals surface area contributed by atoms with Crippen molar-refractivity contribution in [2.24, 2.45) is 0 Å². The van der Waals surface area contributed by atoms with E-state index in [-0.39, 0.29) is 19.6 Å². The van der Waals surface area contributed by atoms with Crippen LogP contribution in [0.15, 0.2) is 24.3 Å². The fourth-order valence-corrected chi connectivity index (χ4v) is 3.89. The molecule has 38 heavy (non-hydrogen) atoms. The number of amides is 3. The van der Waals surface area contributed by atoms with Crippen LogP contribution in [0.5, 0.6) is 0 Å². The summed E-state index contributed by atoms with van der Waals surface area (Å²) in [6.45, 7) is 13.3. The summed E-state index contributed by atoms with van der Waals surface area (Å²) in [5, 5.41) is 5.40. The zero-order valence-electron chi connectivity index (χ0n) is 24.2. The molecular formula is C29H47N3O6. The Kier molecular flexibility index (Phi) is 14.5. The summed E-state index contributed by atoms with van der Waals surface area (Å²) < 4.78 is 10.3. The van der Waals surface area contributed by atoms with Crippen molar-refractivity contribution >= 4 is 23.9 Å². The maximum absolute atomic E-state index is 13.7. The number of hydrogen-bond acceptors (Lipinski definition) is 6. The van der Waals surface area contributed by atoms with Gasteiger partial charge in [0, 0.05) is 13.1 Å². The quantitative estimate of drug-likeness (QED) is 0.247. The first-order valence-corrected chi connectivity index (χ1v) is 13.7. The topological polar surface area (TPSA) is 114 Å². The third-order valence-electron chi connectivity index (χ3n) is 5.78. The minimum absolute atomic E-state index is 0.0295. The third kappa shape index (κ3) is 12.4. The van der Waals surface area contributed by atoms with E-state index >= 15 is 0 Å². The molecule has 2 N–H and O–H groups in total. The fraction of sp³-hybridized carbons (Fsp3) is 0.655. The summed E-state index contributed by atoms with van der Waals surface area (Å²) in [5.41, 5.74) is 0.956. The Bertz CT molecular complexity index is 895. The van der Waals surface area contributed by atoms with Gasteiger partial charge in [-0.1, -0.05) is 62.4 Å². The molecule has 2 unspecified atom stereocenters. The maximum atomic E-state index is 13.7. The molecule has 214 valence electrons. The van der Waals surface area contributed by atoms with Gasteiger partial charge < -0.3 is 25.0 Å². The lowest BCUT2D eigenvalue weighted by Crippen LogP contribution is -2.52. The zero-order chi connectivity index (χ0) is 28.7. The first-order valence-electron chi connectivity index (χ1n) is 13.7. The number of aryl methyl sites for hydroxylation is 1. The summed E-state index contributed by atoms with van der Waals surface area (Å²) in [4.78, 5) is 52.9. The molecule has 0 aromatic heterocycles. The lowest BCUT2D eigenvalue weighted by atomic mass is 10.0. The molecule has 3 amide bonds. The maximum Gasteiger partial charge on any atom is 0.408 e. The highest BCUT2D eigenvalue weighted by Crippen LogP contribution is 2.24. The Hall–Kier alpha value is -3.10. The molecule has 0 saturated carbocycles. The zero-order valence-corrected chi connectivity index (χ0v) is 24.2. The highest BCUT2D eigenvalue weighted by Gasteiger charge is 2.34. The van der Waals surface area contributed by atoms with Crippen LogP contribution in [-0.2, 0) is 23.9 Å². The van der Waals surface area contributed by atoms with Crippen LogP contribution in [0.1, 0.15) is 97.2 Å². The van der Waals surface area contributed by atoms with Gasteiger partial charge in [0.25, 0.3) is 0 Å². The molecule has 0 aliphatic heterocycles. The largest absolute Gasteiger partial charge is 0.466 e. The summed E-state index contributed by atoms with van der Waals surface area (Å²) in [6, 6.07) is 5.59. The normalized spacial score (nSPS) is 12.7. The minimum Gasteiger partial charge on any atom is -0.466 e. The van der Waals surface area contributed by atoms with Crippen molar-refractivity contribution in [3.8, 4) is 0 Å². The van der Waals surface area contributed by atoms with E-state index in [0.29, 0.717) is 18.5 Å². The highest BCUT2D eigenvalue weighted by molar-refractivity contribution is 5.92. The average molecular weight is 534 g/mol. The first kappa shape index (κ1) is 32.9. The van der Waals surface area contributed by atoms with E-state index in [9.17, 15) is 19.2 Å². The van der Waals surface area contributed by atoms with Crippen LogP contribution in [0.4, 0.5) is 4.79 Å². The number of alkyl carbamates (subject to hydrolysis) is 1. The van der Waals surface area contributed by atoms with Gasteiger partial charge in [-0.25, -0.2) is 4.79 Å². The molecule has 0 saturated heterocycles. The van der Waals surface area contributed by atoms with Gasteiger partial charge in [-0.3, -0.25) is 14.4 Å². The van der Waals surface area contributed by atoms with E-state index in [0.717, 1.165) is 31.2 Å². The Labute approximate surface area is 228 Å². The Morgan fingerprint density at radius 3 is 2.18 bits per heavy atom. The van der Waals surface area contributed by atoms with Gasteiger partial charge in [0.2, 0.25) is 11.8 Å². The lowest BCUT2D eigenvalue weighted by Gasteiger charge is -2.34. The molecule has 0 aliphatic carbocycles. The number of nitrogens with zero attached hydrogens (tertiary/aromatic N) is 1. The van der Waals surface area contributed by atoms with E-state index in [1.165, 1.54) is 4.90 Å². The van der Waals surface area contributed by atoms with Crippen molar-refractivity contribution in [1.29, 1.82) is 0 Å². The van der Waals surface area contributed by atoms with E-state index < -0.39 is 41.6 Å². The number of ether oxygens (including phenoxy) is 2. The van der Waals surface area contributed by atoms with Crippen LogP contribution in [0.2, 0.25) is 0 Å². The van der Waals surface area contributed by atoms with Crippen molar-refractivity contribution in [2.45, 2.75) is 105 Å². The van der Waals surface area contributed by atoms with E-state index in [2.05, 4.69) is 17.6 Å². The molecule has 2 atom stereocenters. The van der Waals surface area contributed by atoms with E-state index in [1.807, 2.05) is 31.2 Å². The van der Waals surface area contributed by atoms with Gasteiger partial charge in [-0.2, -0.15) is 0 Å². The van der Waals surface area contributed by atoms with Gasteiger partial charge in [0.05, 0.1) is 13.0 Å². The molecule has 0 heterocycles. The summed E-state index contributed by atoms with van der Waals surface area (Å²) >= 11 is 0. The highest BCUT2D eigenvalue weighted by atomic mass is 16.6. The van der Waals surface area contributed by atoms with Crippen LogP contribution in [0, 0.1) is 6.92 Å². The first-order chi connectivity index (χ1) is 17.9. The third-order valence-corrected chi connectivity index (χ3v) is 5.78. The number of esters is 1. The predicted molar refractivity (Wildman–Crippen MR) is 147 cm³/mol. The molecule has 0 spiro atoms. The molecule has 1 aromatic rings. The minimum atomic E-state index is -0.931. The van der Waals surface area contributed by atoms with Gasteiger partial charge in [-0.05, 0) is 53.5 Å². The lowest BCUT2D eigenvalue weighted by molar-refractivity contribution is -0.144. The summed E-state index contributed by atoms with van der Waals surface area (Å²) in [6.07, 6.45) is 4.17. The Morgan fingerprint density at radius 1 is 0.974 bits per heavy atom. The fourth-order valence-electron chi connectivity index (χ4n) is 3.89. The van der Waals surface area contributed by atoms with Gasteiger partial charge in [-0.15, -0.1) is 0 Å². The summed E-state index contributed by atoms with van der Waals surface area (Å²) in [7, 11) is 0. The van der Waals surface area contributed by atoms with Gasteiger partial charge in [0.1, 0.15) is 17.7 Å². The smallest absolute Gasteiger partial charge is 0.408 e. The molecule has 0 bridgehead atoms. The van der Waals surface area contributed by atoms with Crippen molar-refractivity contribution in [1.82, 2.24) is 15.5 Å². The van der Waals surface area contributed by atoms with E-state index in [1.54, 1.807) is 34.6 Å². The number of rotatable bonds is 15. The van der Waals surface area contributed by atoms with Crippen LogP contribution in [0.3, 0.4) is 0 Å². The van der Waals surface area contributed by atoms with Gasteiger partial charge in [0.15, 0.2) is 0 Å². The number of carbonyl (C=O) groups is 4. The molecule has 0 radical (unpaired) electrons. The summed E-state index contributed by atoms with van der Waals surface area (Å²) in [5.74, 6) is -1.19. The number of nitrogens with one attached hydrogen (secondary N) is 2. The molecule has 9 heteroatoms. The predicted octanol–water partition coefficient (Wildman–Crippen LogP) is 4.82. The molecular weight excluding hydrogens is 486 g/mol. The Balaban J connectivity index is 3.22. The molecule has 0 aliphatic rings. The Morgan fingerprint density at radius 2 is 1.61 bits per heavy atom. The number of carbonyl (C=O) groups excluding carboxylic acids is 4. The van der Waals surface area contributed by atoms with Crippen molar-refractivity contribution in [2.75, 3.05) is 19.7 Å². The molecule has 9 nitrogen and oxygen atoms in total. The second-order valence-corrected chi connectivity index (χ2v) is 10.5. The second kappa shape index (κ2) is 16.7. The number of benzene rings is 1. The monoisotopic (exact) mass is 533 g/mol. The van der Waals surface area contributed by atoms with Gasteiger partial charge >= 0.3 is 12.1 Å². The number of unbranched alkanes of at least 4 members (excludes halogenated alkanes) is 4. The van der Waals surface area contributed by atoms with Crippen LogP contribution in [-0.4, -0.2) is 60.1 Å². The molecule has 0 fully saturated rings. The van der Waals surface area contributed by atoms with Crippen LogP contribution < -0.4 is 10.6 Å². The number of hydrogen-bond donors (Lipinski definition) is 2.